The summed E-state index contributed by atoms with van der Waals surface area (Å²) in [7, 11) is 5.06. The summed E-state index contributed by atoms with van der Waals surface area (Å²) in [6, 6.07) is 13.8. The van der Waals surface area contributed by atoms with Gasteiger partial charge >= 0.3 is 0 Å². The van der Waals surface area contributed by atoms with Crippen LogP contribution in [0.2, 0.25) is 0 Å². The molecule has 0 unspecified atom stereocenters. The number of nitrogens with zero attached hydrogens (tertiary/aromatic N) is 4. The minimum atomic E-state index is -0.452. The van der Waals surface area contributed by atoms with Gasteiger partial charge in [0.1, 0.15) is 17.4 Å². The zero-order valence-corrected chi connectivity index (χ0v) is 18.0. The van der Waals surface area contributed by atoms with Crippen molar-refractivity contribution < 1.29 is 13.9 Å². The highest BCUT2D eigenvalue weighted by molar-refractivity contribution is 5.94. The van der Waals surface area contributed by atoms with Gasteiger partial charge in [0.2, 0.25) is 0 Å². The highest BCUT2D eigenvalue weighted by atomic mass is 19.1. The Kier molecular flexibility index (Phi) is 5.93. The van der Waals surface area contributed by atoms with Crippen LogP contribution in [0.4, 0.5) is 10.2 Å². The van der Waals surface area contributed by atoms with E-state index in [1.807, 2.05) is 30.3 Å². The number of carbonyl (C=O) groups excluding carboxylic acids is 1. The van der Waals surface area contributed by atoms with Crippen LogP contribution < -0.4 is 10.1 Å². The lowest BCUT2D eigenvalue weighted by Crippen LogP contribution is -2.27. The summed E-state index contributed by atoms with van der Waals surface area (Å²) in [5.74, 6) is 0.843. The Morgan fingerprint density at radius 3 is 2.62 bits per heavy atom. The Hall–Kier alpha value is -4.07. The van der Waals surface area contributed by atoms with Crippen molar-refractivity contribution in [1.82, 2.24) is 19.9 Å². The molecule has 0 aliphatic rings. The van der Waals surface area contributed by atoms with Crippen molar-refractivity contribution in [2.24, 2.45) is 0 Å². The van der Waals surface area contributed by atoms with Gasteiger partial charge in [0.05, 0.1) is 5.52 Å². The number of carbonyl (C=O) groups is 1. The van der Waals surface area contributed by atoms with Crippen LogP contribution in [0.3, 0.4) is 0 Å². The molecule has 0 bridgehead atoms. The second-order valence-corrected chi connectivity index (χ2v) is 7.37. The maximum Gasteiger partial charge on any atom is 0.259 e. The van der Waals surface area contributed by atoms with Crippen molar-refractivity contribution in [1.29, 1.82) is 0 Å². The molecule has 0 aliphatic carbocycles. The molecule has 162 valence electrons. The number of benzene rings is 2. The molecule has 2 aromatic carbocycles. The first-order chi connectivity index (χ1) is 15.4. The molecule has 2 aromatic heterocycles. The zero-order chi connectivity index (χ0) is 22.7. The van der Waals surface area contributed by atoms with Crippen LogP contribution in [0, 0.1) is 5.82 Å². The number of nitrogens with one attached hydrogen (secondary N) is 1. The van der Waals surface area contributed by atoms with Gasteiger partial charge in [0, 0.05) is 50.6 Å². The average Bonchev–Trinajstić information content (AvgIpc) is 2.81. The molecular weight excluding hydrogens is 409 g/mol. The summed E-state index contributed by atoms with van der Waals surface area (Å²) in [4.78, 5) is 26.6. The van der Waals surface area contributed by atoms with E-state index in [9.17, 15) is 9.18 Å². The smallest absolute Gasteiger partial charge is 0.259 e. The summed E-state index contributed by atoms with van der Waals surface area (Å²) in [5.41, 5.74) is 2.96. The van der Waals surface area contributed by atoms with Gasteiger partial charge in [-0.15, -0.1) is 0 Å². The molecule has 4 aromatic rings. The third-order valence-corrected chi connectivity index (χ3v) is 4.92. The topological polar surface area (TPSA) is 80.2 Å². The molecule has 0 fully saturated rings. The Bertz CT molecular complexity index is 1280. The van der Waals surface area contributed by atoms with Crippen molar-refractivity contribution in [2.45, 2.75) is 0 Å². The quantitative estimate of drug-likeness (QED) is 0.497. The second-order valence-electron chi connectivity index (χ2n) is 7.37. The van der Waals surface area contributed by atoms with Crippen LogP contribution in [0.15, 0.2) is 60.9 Å². The highest BCUT2D eigenvalue weighted by Gasteiger charge is 2.12. The molecule has 0 atom stereocenters. The first-order valence-corrected chi connectivity index (χ1v) is 9.98. The number of rotatable bonds is 6. The molecule has 0 radical (unpaired) electrons. The number of hydrogen-bond acceptors (Lipinski definition) is 6. The third-order valence-electron chi connectivity index (χ3n) is 4.92. The van der Waals surface area contributed by atoms with Gasteiger partial charge in [-0.25, -0.2) is 14.4 Å². The molecule has 0 saturated carbocycles. The summed E-state index contributed by atoms with van der Waals surface area (Å²) in [6.07, 6.45) is 3.41. The average molecular weight is 431 g/mol. The molecule has 1 amide bonds. The monoisotopic (exact) mass is 431 g/mol. The Morgan fingerprint density at radius 1 is 1.06 bits per heavy atom. The minimum Gasteiger partial charge on any atom is -0.484 e. The molecule has 1 N–H and O–H groups in total. The molecule has 2 heterocycles. The van der Waals surface area contributed by atoms with Gasteiger partial charge < -0.3 is 15.0 Å². The number of amides is 1. The Balaban J connectivity index is 1.72. The number of aromatic nitrogens is 3. The number of ether oxygens (including phenoxy) is 1. The molecule has 0 aliphatic heterocycles. The molecule has 8 heteroatoms. The van der Waals surface area contributed by atoms with Crippen molar-refractivity contribution in [3.8, 4) is 28.3 Å². The van der Waals surface area contributed by atoms with E-state index >= 15 is 0 Å². The van der Waals surface area contributed by atoms with E-state index in [0.717, 1.165) is 22.0 Å². The third kappa shape index (κ3) is 4.49. The van der Waals surface area contributed by atoms with Crippen LogP contribution in [-0.4, -0.2) is 53.5 Å². The van der Waals surface area contributed by atoms with Gasteiger partial charge in [-0.2, -0.15) is 0 Å². The standard InChI is InChI=1S/C24H22FN5O2/c1-26-24-20-11-15(6-7-21(20)28-23(29-24)16-5-4-8-27-13-16)17-9-18(25)12-19(10-17)32-14-22(31)30(2)3/h4-13H,14H2,1-3H3,(H,26,28,29). The number of pyridine rings is 1. The fourth-order valence-electron chi connectivity index (χ4n) is 3.21. The molecule has 7 nitrogen and oxygen atoms in total. The number of fused-ring (bicyclic) bond motifs is 1. The molecule has 0 spiro atoms. The summed E-state index contributed by atoms with van der Waals surface area (Å²) >= 11 is 0. The maximum absolute atomic E-state index is 14.3. The second kappa shape index (κ2) is 8.97. The van der Waals surface area contributed by atoms with E-state index in [0.29, 0.717) is 17.2 Å². The first kappa shape index (κ1) is 21.2. The van der Waals surface area contributed by atoms with E-state index in [4.69, 9.17) is 4.74 Å². The van der Waals surface area contributed by atoms with E-state index < -0.39 is 5.82 Å². The zero-order valence-electron chi connectivity index (χ0n) is 18.0. The van der Waals surface area contributed by atoms with Crippen LogP contribution >= 0.6 is 0 Å². The normalized spacial score (nSPS) is 10.8. The number of likely N-dealkylation sites (N-methyl/N-ethyl adjacent to an activating group) is 1. The van der Waals surface area contributed by atoms with E-state index in [-0.39, 0.29) is 18.3 Å². The molecule has 4 rings (SSSR count). The van der Waals surface area contributed by atoms with Gasteiger partial charge in [-0.05, 0) is 47.5 Å². The Morgan fingerprint density at radius 2 is 1.91 bits per heavy atom. The lowest BCUT2D eigenvalue weighted by atomic mass is 10.0. The molecular formula is C24H22FN5O2. The summed E-state index contributed by atoms with van der Waals surface area (Å²) < 4.78 is 19.8. The van der Waals surface area contributed by atoms with Gasteiger partial charge in [0.25, 0.3) is 5.91 Å². The van der Waals surface area contributed by atoms with Gasteiger partial charge in [0.15, 0.2) is 12.4 Å². The van der Waals surface area contributed by atoms with Crippen LogP contribution in [-0.2, 0) is 4.79 Å². The lowest BCUT2D eigenvalue weighted by Gasteiger charge is -2.13. The summed E-state index contributed by atoms with van der Waals surface area (Å²) in [6.45, 7) is -0.164. The lowest BCUT2D eigenvalue weighted by molar-refractivity contribution is -0.130. The minimum absolute atomic E-state index is 0.164. The first-order valence-electron chi connectivity index (χ1n) is 9.98. The SMILES string of the molecule is CNc1nc(-c2cccnc2)nc2ccc(-c3cc(F)cc(OCC(=O)N(C)C)c3)cc12. The van der Waals surface area contributed by atoms with Crippen LogP contribution in [0.5, 0.6) is 5.75 Å². The van der Waals surface area contributed by atoms with E-state index in [1.54, 1.807) is 39.6 Å². The van der Waals surface area contributed by atoms with E-state index in [2.05, 4.69) is 20.3 Å². The fourth-order valence-corrected chi connectivity index (χ4v) is 3.21. The largest absolute Gasteiger partial charge is 0.484 e. The van der Waals surface area contributed by atoms with Gasteiger partial charge in [-0.3, -0.25) is 9.78 Å². The predicted molar refractivity (Wildman–Crippen MR) is 122 cm³/mol. The van der Waals surface area contributed by atoms with Crippen molar-refractivity contribution >= 4 is 22.6 Å². The number of anilines is 1. The predicted octanol–water partition coefficient (Wildman–Crippen LogP) is 4.01. The molecule has 32 heavy (non-hydrogen) atoms. The van der Waals surface area contributed by atoms with Crippen LogP contribution in [0.1, 0.15) is 0 Å². The maximum atomic E-state index is 14.3. The number of hydrogen-bond donors (Lipinski definition) is 1. The summed E-state index contributed by atoms with van der Waals surface area (Å²) in [5, 5.41) is 3.91. The molecule has 0 saturated heterocycles. The highest BCUT2D eigenvalue weighted by Crippen LogP contribution is 2.31. The van der Waals surface area contributed by atoms with E-state index in [1.165, 1.54) is 17.0 Å². The fraction of sp³-hybridized carbons (Fsp3) is 0.167. The van der Waals surface area contributed by atoms with Crippen LogP contribution in [0.25, 0.3) is 33.4 Å². The van der Waals surface area contributed by atoms with Gasteiger partial charge in [-0.1, -0.05) is 6.07 Å². The van der Waals surface area contributed by atoms with Crippen molar-refractivity contribution in [2.75, 3.05) is 33.1 Å². The number of halogens is 1. The Labute approximate surface area is 184 Å². The van der Waals surface area contributed by atoms with Crippen molar-refractivity contribution in [3.63, 3.8) is 0 Å². The van der Waals surface area contributed by atoms with Crippen molar-refractivity contribution in [3.05, 3.63) is 66.7 Å².